The highest BCUT2D eigenvalue weighted by Crippen LogP contribution is 2.41. The fourth-order valence-electron chi connectivity index (χ4n) is 6.04. The topological polar surface area (TPSA) is 116 Å². The van der Waals surface area contributed by atoms with Crippen LogP contribution in [0.15, 0.2) is 53.7 Å². The van der Waals surface area contributed by atoms with Gasteiger partial charge in [-0.05, 0) is 49.1 Å². The number of esters is 1. The van der Waals surface area contributed by atoms with Gasteiger partial charge >= 0.3 is 5.97 Å². The summed E-state index contributed by atoms with van der Waals surface area (Å²) < 4.78 is 37.9. The Hall–Kier alpha value is -4.16. The molecule has 0 aliphatic carbocycles. The Bertz CT molecular complexity index is 1750. The van der Waals surface area contributed by atoms with Gasteiger partial charge in [0.05, 0.1) is 53.7 Å². The Morgan fingerprint density at radius 1 is 1.06 bits per heavy atom. The number of carbonyl (C=O) groups excluding carboxylic acids is 2. The molecule has 13 heteroatoms. The molecule has 252 valence electrons. The predicted octanol–water partition coefficient (Wildman–Crippen LogP) is 6.31. The zero-order valence-electron chi connectivity index (χ0n) is 26.3. The molecule has 3 aliphatic heterocycles. The fraction of sp³-hybridized carbons (Fsp3) is 0.343. The van der Waals surface area contributed by atoms with Crippen LogP contribution in [-0.2, 0) is 20.8 Å². The molecule has 3 aromatic carbocycles. The molecule has 0 radical (unpaired) electrons. The summed E-state index contributed by atoms with van der Waals surface area (Å²) in [6.45, 7) is 2.73. The summed E-state index contributed by atoms with van der Waals surface area (Å²) in [7, 11) is 1.26. The molecule has 10 nitrogen and oxygen atoms in total. The molecule has 3 heterocycles. The third kappa shape index (κ3) is 7.00. The van der Waals surface area contributed by atoms with Gasteiger partial charge in [0.2, 0.25) is 0 Å². The molecule has 3 aliphatic rings. The van der Waals surface area contributed by atoms with Crippen molar-refractivity contribution in [1.29, 1.82) is 0 Å². The molecule has 2 saturated heterocycles. The van der Waals surface area contributed by atoms with Gasteiger partial charge in [-0.25, -0.2) is 9.18 Å². The van der Waals surface area contributed by atoms with Gasteiger partial charge in [-0.15, -0.1) is 0 Å². The van der Waals surface area contributed by atoms with Gasteiger partial charge in [-0.1, -0.05) is 41.4 Å². The number of rotatable bonds is 7. The molecular formula is C35H35Cl2FN4O6. The predicted molar refractivity (Wildman–Crippen MR) is 182 cm³/mol. The lowest BCUT2D eigenvalue weighted by Crippen LogP contribution is -2.37. The number of allylic oxidation sites excluding steroid dienone is 1. The summed E-state index contributed by atoms with van der Waals surface area (Å²) in [5.41, 5.74) is 9.27. The lowest BCUT2D eigenvalue weighted by Gasteiger charge is -2.32. The molecule has 2 fully saturated rings. The maximum atomic E-state index is 15.7. The molecule has 1 amide bonds. The second kappa shape index (κ2) is 14.9. The second-order valence-electron chi connectivity index (χ2n) is 11.5. The summed E-state index contributed by atoms with van der Waals surface area (Å²) in [4.78, 5) is 34.3. The Morgan fingerprint density at radius 3 is 2.52 bits per heavy atom. The molecule has 0 spiro atoms. The zero-order valence-corrected chi connectivity index (χ0v) is 27.9. The van der Waals surface area contributed by atoms with E-state index in [0.717, 1.165) is 19.3 Å². The van der Waals surface area contributed by atoms with Gasteiger partial charge in [-0.2, -0.15) is 0 Å². The normalized spacial score (nSPS) is 18.4. The second-order valence-corrected chi connectivity index (χ2v) is 12.4. The molecule has 0 bridgehead atoms. The van der Waals surface area contributed by atoms with Crippen LogP contribution in [0.3, 0.4) is 0 Å². The van der Waals surface area contributed by atoms with Crippen LogP contribution in [-0.4, -0.2) is 76.0 Å². The van der Waals surface area contributed by atoms with E-state index in [9.17, 15) is 9.59 Å². The van der Waals surface area contributed by atoms with Crippen LogP contribution in [0.2, 0.25) is 10.0 Å². The number of ether oxygens (including phenoxy) is 4. The standard InChI is InChI=1S/C35H35Cl2FN4O6/c1-45-35(44)26-15-29(38)25(16-30(26)41-8-11-46-12-9-41)24-6-4-5-21-19-42(20-48-33(21)24)34(43)32-27(36)13-22(14-28(32)37)23(17-39)18-40-31-7-2-3-10-47-31/h4-6,13-18,31H,2-3,7-12,19-20,39H2,1H3. The zero-order chi connectivity index (χ0) is 33.8. The SMILES string of the molecule is COC(=O)c1cc(F)c(-c2cccc3c2OCN(C(=O)c2c(Cl)cc(C(C=NC4CCCCO4)=CN)cc2Cl)C3)cc1N1CCOCC1. The van der Waals surface area contributed by atoms with Crippen molar-refractivity contribution in [2.45, 2.75) is 32.0 Å². The minimum Gasteiger partial charge on any atom is -0.472 e. The molecule has 6 rings (SSSR count). The van der Waals surface area contributed by atoms with E-state index in [0.29, 0.717) is 66.6 Å². The van der Waals surface area contributed by atoms with Crippen molar-refractivity contribution in [2.24, 2.45) is 10.7 Å². The van der Waals surface area contributed by atoms with Crippen molar-refractivity contribution in [1.82, 2.24) is 4.90 Å². The van der Waals surface area contributed by atoms with E-state index in [-0.39, 0.29) is 46.2 Å². The summed E-state index contributed by atoms with van der Waals surface area (Å²) in [6.07, 6.45) is 5.69. The van der Waals surface area contributed by atoms with Crippen molar-refractivity contribution in [3.8, 4) is 16.9 Å². The number of nitrogens with two attached hydrogens (primary N) is 1. The number of amides is 1. The number of fused-ring (bicyclic) bond motifs is 1. The van der Waals surface area contributed by atoms with Gasteiger partial charge < -0.3 is 34.5 Å². The molecule has 48 heavy (non-hydrogen) atoms. The highest BCUT2D eigenvalue weighted by molar-refractivity contribution is 6.40. The Morgan fingerprint density at radius 2 is 1.83 bits per heavy atom. The lowest BCUT2D eigenvalue weighted by atomic mass is 9.97. The Labute approximate surface area is 287 Å². The number of hydrogen-bond acceptors (Lipinski definition) is 9. The molecule has 3 aromatic rings. The third-order valence-corrected chi connectivity index (χ3v) is 9.14. The van der Waals surface area contributed by atoms with Crippen LogP contribution >= 0.6 is 23.2 Å². The summed E-state index contributed by atoms with van der Waals surface area (Å²) in [5.74, 6) is -1.24. The van der Waals surface area contributed by atoms with E-state index in [2.05, 4.69) is 4.99 Å². The molecule has 1 atom stereocenters. The van der Waals surface area contributed by atoms with Crippen LogP contribution in [0.25, 0.3) is 16.7 Å². The summed E-state index contributed by atoms with van der Waals surface area (Å²) in [5, 5.41) is 0.291. The van der Waals surface area contributed by atoms with Crippen molar-refractivity contribution >= 4 is 52.6 Å². The minimum absolute atomic E-state index is 0.119. The molecule has 1 unspecified atom stereocenters. The third-order valence-electron chi connectivity index (χ3n) is 8.55. The van der Waals surface area contributed by atoms with Crippen LogP contribution in [0.4, 0.5) is 10.1 Å². The Balaban J connectivity index is 1.25. The van der Waals surface area contributed by atoms with E-state index >= 15 is 4.39 Å². The number of carbonyl (C=O) groups is 2. The average molecular weight is 698 g/mol. The number of anilines is 1. The van der Waals surface area contributed by atoms with Crippen molar-refractivity contribution < 1.29 is 32.9 Å². The van der Waals surface area contributed by atoms with Crippen LogP contribution in [0.5, 0.6) is 5.75 Å². The fourth-order valence-corrected chi connectivity index (χ4v) is 6.69. The number of halogens is 3. The number of para-hydroxylation sites is 1. The average Bonchev–Trinajstić information content (AvgIpc) is 3.11. The first-order chi connectivity index (χ1) is 23.3. The van der Waals surface area contributed by atoms with E-state index in [1.165, 1.54) is 24.3 Å². The van der Waals surface area contributed by atoms with E-state index in [4.69, 9.17) is 47.9 Å². The highest BCUT2D eigenvalue weighted by atomic mass is 35.5. The lowest BCUT2D eigenvalue weighted by molar-refractivity contribution is 0.0227. The molecule has 0 aromatic heterocycles. The van der Waals surface area contributed by atoms with Crippen molar-refractivity contribution in [3.63, 3.8) is 0 Å². The summed E-state index contributed by atoms with van der Waals surface area (Å²) in [6, 6.07) is 11.4. The van der Waals surface area contributed by atoms with Gasteiger partial charge in [0.15, 0.2) is 6.73 Å². The number of methoxy groups -OCH3 is 1. The van der Waals surface area contributed by atoms with Gasteiger partial charge in [0, 0.05) is 54.4 Å². The van der Waals surface area contributed by atoms with Crippen LogP contribution in [0.1, 0.15) is 51.1 Å². The van der Waals surface area contributed by atoms with Gasteiger partial charge in [-0.3, -0.25) is 9.79 Å². The first-order valence-corrected chi connectivity index (χ1v) is 16.4. The minimum atomic E-state index is -0.634. The van der Waals surface area contributed by atoms with E-state index in [1.54, 1.807) is 36.5 Å². The molecular weight excluding hydrogens is 662 g/mol. The number of hydrogen-bond donors (Lipinski definition) is 1. The van der Waals surface area contributed by atoms with Crippen LogP contribution < -0.4 is 15.4 Å². The largest absolute Gasteiger partial charge is 0.472 e. The smallest absolute Gasteiger partial charge is 0.340 e. The Kier molecular flexibility index (Phi) is 10.5. The monoisotopic (exact) mass is 696 g/mol. The maximum Gasteiger partial charge on any atom is 0.340 e. The number of benzene rings is 3. The number of aliphatic imine (C=N–C) groups is 1. The first-order valence-electron chi connectivity index (χ1n) is 15.6. The summed E-state index contributed by atoms with van der Waals surface area (Å²) >= 11 is 13.3. The van der Waals surface area contributed by atoms with E-state index in [1.807, 2.05) is 11.0 Å². The number of nitrogens with zero attached hydrogens (tertiary/aromatic N) is 3. The molecule has 0 saturated carbocycles. The van der Waals surface area contributed by atoms with Crippen molar-refractivity contribution in [2.75, 3.05) is 51.7 Å². The maximum absolute atomic E-state index is 15.7. The van der Waals surface area contributed by atoms with Crippen molar-refractivity contribution in [3.05, 3.63) is 86.8 Å². The van der Waals surface area contributed by atoms with Gasteiger partial charge in [0.1, 0.15) is 17.8 Å². The molecule has 2 N–H and O–H groups in total. The van der Waals surface area contributed by atoms with Gasteiger partial charge in [0.25, 0.3) is 5.91 Å². The first kappa shape index (κ1) is 33.7. The van der Waals surface area contributed by atoms with E-state index < -0.39 is 17.7 Å². The van der Waals surface area contributed by atoms with Crippen LogP contribution in [0, 0.1) is 5.82 Å². The quantitative estimate of drug-likeness (QED) is 0.226. The highest BCUT2D eigenvalue weighted by Gasteiger charge is 2.30. The number of morpholine rings is 1.